The highest BCUT2D eigenvalue weighted by atomic mass is 16.3. The van der Waals surface area contributed by atoms with Crippen molar-refractivity contribution in [3.63, 3.8) is 0 Å². The van der Waals surface area contributed by atoms with E-state index in [1.807, 2.05) is 83.8 Å². The van der Waals surface area contributed by atoms with Crippen LogP contribution in [-0.2, 0) is 10.8 Å². The lowest BCUT2D eigenvalue weighted by molar-refractivity contribution is 0.0963. The van der Waals surface area contributed by atoms with E-state index in [1.165, 1.54) is 0 Å². The summed E-state index contributed by atoms with van der Waals surface area (Å²) < 4.78 is 0. The molecule has 0 radical (unpaired) electrons. The van der Waals surface area contributed by atoms with Gasteiger partial charge in [-0.3, -0.25) is 10.2 Å². The van der Waals surface area contributed by atoms with Crippen LogP contribution in [0, 0.1) is 11.3 Å². The molecule has 2 aromatic carbocycles. The molecular formula is C28H39N3O2. The predicted octanol–water partition coefficient (Wildman–Crippen LogP) is 5.08. The van der Waals surface area contributed by atoms with Crippen LogP contribution in [-0.4, -0.2) is 48.3 Å². The summed E-state index contributed by atoms with van der Waals surface area (Å²) in [6.45, 7) is 13.9. The molecule has 1 heterocycles. The van der Waals surface area contributed by atoms with Gasteiger partial charge in [0.25, 0.3) is 0 Å². The zero-order valence-corrected chi connectivity index (χ0v) is 21.1. The molecule has 178 valence electrons. The van der Waals surface area contributed by atoms with E-state index >= 15 is 0 Å². The van der Waals surface area contributed by atoms with Crippen LogP contribution in [0.3, 0.4) is 0 Å². The van der Waals surface area contributed by atoms with Crippen molar-refractivity contribution < 1.29 is 9.90 Å². The number of likely N-dealkylation sites (tertiary alicyclic amines) is 1. The van der Waals surface area contributed by atoms with Gasteiger partial charge in [-0.15, -0.1) is 0 Å². The molecule has 1 saturated heterocycles. The molecule has 0 amide bonds. The molecule has 1 aliphatic heterocycles. The molecule has 3 rings (SSSR count). The molecule has 0 spiro atoms. The first kappa shape index (κ1) is 25.0. The lowest BCUT2D eigenvalue weighted by atomic mass is 9.78. The van der Waals surface area contributed by atoms with Crippen LogP contribution in [0.15, 0.2) is 42.5 Å². The van der Waals surface area contributed by atoms with Gasteiger partial charge in [0, 0.05) is 41.6 Å². The Labute approximate surface area is 198 Å². The first-order chi connectivity index (χ1) is 15.3. The van der Waals surface area contributed by atoms with E-state index in [0.29, 0.717) is 17.9 Å². The highest BCUT2D eigenvalue weighted by Crippen LogP contribution is 2.40. The van der Waals surface area contributed by atoms with Crippen LogP contribution in [0.25, 0.3) is 0 Å². The fourth-order valence-corrected chi connectivity index (χ4v) is 4.80. The maximum Gasteiger partial charge on any atom is 0.182 e. The second kappa shape index (κ2) is 9.30. The molecule has 33 heavy (non-hydrogen) atoms. The van der Waals surface area contributed by atoms with Crippen molar-refractivity contribution in [2.45, 2.75) is 58.3 Å². The third kappa shape index (κ3) is 5.30. The van der Waals surface area contributed by atoms with Crippen LogP contribution in [0.2, 0.25) is 0 Å². The Bertz CT molecular complexity index is 981. The SMILES string of the molecule is CNC[C@H]1CN(CC(=O)c2cc(C(C)(C)C)c(O)c(C(C)(C)C)c2)C(=N)[C@@H]1c1ccccc1. The number of benzene rings is 2. The molecule has 0 saturated carbocycles. The molecule has 0 aliphatic carbocycles. The Kier molecular flexibility index (Phi) is 7.04. The van der Waals surface area contributed by atoms with E-state index < -0.39 is 0 Å². The average Bonchev–Trinajstić information content (AvgIpc) is 3.02. The van der Waals surface area contributed by atoms with Gasteiger partial charge < -0.3 is 15.3 Å². The Morgan fingerprint density at radius 3 is 2.09 bits per heavy atom. The van der Waals surface area contributed by atoms with Crippen molar-refractivity contribution in [3.05, 3.63) is 64.7 Å². The van der Waals surface area contributed by atoms with Gasteiger partial charge in [0.15, 0.2) is 5.78 Å². The summed E-state index contributed by atoms with van der Waals surface area (Å²) in [7, 11) is 1.93. The van der Waals surface area contributed by atoms with E-state index in [9.17, 15) is 9.90 Å². The minimum atomic E-state index is -0.295. The van der Waals surface area contributed by atoms with Gasteiger partial charge in [0.05, 0.1) is 6.54 Å². The molecule has 3 N–H and O–H groups in total. The fraction of sp³-hybridized carbons (Fsp3) is 0.500. The molecule has 0 unspecified atom stereocenters. The molecule has 0 bridgehead atoms. The minimum Gasteiger partial charge on any atom is -0.507 e. The molecule has 0 aromatic heterocycles. The van der Waals surface area contributed by atoms with Crippen molar-refractivity contribution >= 4 is 11.6 Å². The third-order valence-corrected chi connectivity index (χ3v) is 6.57. The van der Waals surface area contributed by atoms with Gasteiger partial charge >= 0.3 is 0 Å². The largest absolute Gasteiger partial charge is 0.507 e. The first-order valence-corrected chi connectivity index (χ1v) is 11.8. The van der Waals surface area contributed by atoms with Crippen molar-refractivity contribution in [2.24, 2.45) is 5.92 Å². The maximum atomic E-state index is 13.5. The number of hydrogen-bond donors (Lipinski definition) is 3. The summed E-state index contributed by atoms with van der Waals surface area (Å²) in [5.41, 5.74) is 2.69. The summed E-state index contributed by atoms with van der Waals surface area (Å²) in [5, 5.41) is 23.1. The van der Waals surface area contributed by atoms with Crippen LogP contribution < -0.4 is 5.32 Å². The lowest BCUT2D eigenvalue weighted by Gasteiger charge is -2.28. The molecule has 1 fully saturated rings. The molecule has 5 nitrogen and oxygen atoms in total. The predicted molar refractivity (Wildman–Crippen MR) is 136 cm³/mol. The van der Waals surface area contributed by atoms with Crippen LogP contribution in [0.5, 0.6) is 5.75 Å². The molecule has 2 aromatic rings. The van der Waals surface area contributed by atoms with E-state index in [0.717, 1.165) is 23.2 Å². The fourth-order valence-electron chi connectivity index (χ4n) is 4.80. The standard InChI is InChI=1S/C28H39N3O2/c1-27(2,3)21-13-19(14-22(25(21)33)28(4,5)6)23(32)17-31-16-20(15-30-7)24(26(31)29)18-11-9-8-10-12-18/h8-14,20,24,29-30,33H,15-17H2,1-7H3/t20-,24+/m0/s1. The van der Waals surface area contributed by atoms with Gasteiger partial charge in [0.2, 0.25) is 0 Å². The van der Waals surface area contributed by atoms with Crippen molar-refractivity contribution in [3.8, 4) is 5.75 Å². The summed E-state index contributed by atoms with van der Waals surface area (Å²) in [6.07, 6.45) is 0. The minimum absolute atomic E-state index is 0.0207. The number of carbonyl (C=O) groups excluding carboxylic acids is 1. The number of phenols is 1. The number of carbonyl (C=O) groups is 1. The topological polar surface area (TPSA) is 76.4 Å². The molecule has 2 atom stereocenters. The second-order valence-corrected chi connectivity index (χ2v) is 11.3. The normalized spacial score (nSPS) is 19.2. The monoisotopic (exact) mass is 449 g/mol. The van der Waals surface area contributed by atoms with Crippen LogP contribution in [0.4, 0.5) is 0 Å². The summed E-state index contributed by atoms with van der Waals surface area (Å²) in [5.74, 6) is 0.960. The number of phenolic OH excluding ortho intramolecular Hbond substituents is 1. The highest BCUT2D eigenvalue weighted by Gasteiger charge is 2.39. The lowest BCUT2D eigenvalue weighted by Crippen LogP contribution is -2.32. The van der Waals surface area contributed by atoms with E-state index in [2.05, 4.69) is 17.4 Å². The molecule has 5 heteroatoms. The van der Waals surface area contributed by atoms with E-state index in [1.54, 1.807) is 0 Å². The van der Waals surface area contributed by atoms with Crippen LogP contribution in [0.1, 0.15) is 74.5 Å². The number of rotatable bonds is 6. The zero-order valence-electron chi connectivity index (χ0n) is 21.1. The first-order valence-electron chi connectivity index (χ1n) is 11.8. The molecular weight excluding hydrogens is 410 g/mol. The average molecular weight is 450 g/mol. The Morgan fingerprint density at radius 1 is 1.06 bits per heavy atom. The number of nitrogens with zero attached hydrogens (tertiary/aromatic N) is 1. The number of hydrogen-bond acceptors (Lipinski definition) is 4. The number of aromatic hydroxyl groups is 1. The number of Topliss-reactive ketones (excluding diaryl/α,β-unsaturated/α-hetero) is 1. The zero-order chi connectivity index (χ0) is 24.6. The van der Waals surface area contributed by atoms with Crippen LogP contribution >= 0.6 is 0 Å². The Balaban J connectivity index is 1.93. The Hall–Kier alpha value is -2.66. The second-order valence-electron chi connectivity index (χ2n) is 11.3. The van der Waals surface area contributed by atoms with Crippen molar-refractivity contribution in [1.29, 1.82) is 5.41 Å². The summed E-state index contributed by atoms with van der Waals surface area (Å²) in [4.78, 5) is 15.4. The maximum absolute atomic E-state index is 13.5. The number of ketones is 1. The highest BCUT2D eigenvalue weighted by molar-refractivity contribution is 6.01. The third-order valence-electron chi connectivity index (χ3n) is 6.57. The van der Waals surface area contributed by atoms with Crippen molar-refractivity contribution in [1.82, 2.24) is 10.2 Å². The quantitative estimate of drug-likeness (QED) is 0.538. The van der Waals surface area contributed by atoms with Gasteiger partial charge in [-0.05, 0) is 35.6 Å². The van der Waals surface area contributed by atoms with E-state index in [-0.39, 0.29) is 40.7 Å². The van der Waals surface area contributed by atoms with E-state index in [4.69, 9.17) is 5.41 Å². The number of nitrogens with one attached hydrogen (secondary N) is 2. The smallest absolute Gasteiger partial charge is 0.182 e. The summed E-state index contributed by atoms with van der Waals surface area (Å²) >= 11 is 0. The van der Waals surface area contributed by atoms with Gasteiger partial charge in [-0.25, -0.2) is 0 Å². The van der Waals surface area contributed by atoms with Gasteiger partial charge in [-0.2, -0.15) is 0 Å². The Morgan fingerprint density at radius 2 is 1.61 bits per heavy atom. The molecule has 1 aliphatic rings. The van der Waals surface area contributed by atoms with Crippen molar-refractivity contribution in [2.75, 3.05) is 26.7 Å². The van der Waals surface area contributed by atoms with Gasteiger partial charge in [0.1, 0.15) is 11.6 Å². The van der Waals surface area contributed by atoms with Gasteiger partial charge in [-0.1, -0.05) is 71.9 Å². The summed E-state index contributed by atoms with van der Waals surface area (Å²) in [6, 6.07) is 13.8. The number of amidine groups is 1.